The summed E-state index contributed by atoms with van der Waals surface area (Å²) >= 11 is 0. The van der Waals surface area contributed by atoms with Crippen molar-refractivity contribution in [1.82, 2.24) is 9.62 Å². The predicted molar refractivity (Wildman–Crippen MR) is 81.7 cm³/mol. The highest BCUT2D eigenvalue weighted by molar-refractivity contribution is 7.89. The summed E-state index contributed by atoms with van der Waals surface area (Å²) in [6.45, 7) is -0.649. The van der Waals surface area contributed by atoms with Crippen LogP contribution in [0.1, 0.15) is 12.0 Å². The fraction of sp³-hybridized carbons (Fsp3) is 0.357. The number of nitrogens with two attached hydrogens (primary N) is 1. The molecule has 0 bridgehead atoms. The van der Waals surface area contributed by atoms with Crippen molar-refractivity contribution in [1.29, 1.82) is 5.26 Å². The van der Waals surface area contributed by atoms with Gasteiger partial charge in [-0.05, 0) is 24.3 Å². The number of amides is 2. The van der Waals surface area contributed by atoms with Gasteiger partial charge in [0.1, 0.15) is 6.04 Å². The lowest BCUT2D eigenvalue weighted by atomic mass is 10.2. The molecule has 9 nitrogen and oxygen atoms in total. The van der Waals surface area contributed by atoms with Crippen LogP contribution in [-0.2, 0) is 19.6 Å². The molecule has 24 heavy (non-hydrogen) atoms. The Kier molecular flexibility index (Phi) is 5.18. The fourth-order valence-corrected chi connectivity index (χ4v) is 3.38. The van der Waals surface area contributed by atoms with Crippen LogP contribution in [0, 0.1) is 11.3 Å². The zero-order valence-corrected chi connectivity index (χ0v) is 13.4. The quantitative estimate of drug-likeness (QED) is 0.573. The zero-order valence-electron chi connectivity index (χ0n) is 12.5. The number of rotatable bonds is 5. The molecule has 1 saturated heterocycles. The minimum absolute atomic E-state index is 0.0312. The number of nitrogens with zero attached hydrogens (tertiary/aromatic N) is 2. The van der Waals surface area contributed by atoms with Gasteiger partial charge in [0.2, 0.25) is 21.8 Å². The van der Waals surface area contributed by atoms with Gasteiger partial charge in [0.15, 0.2) is 0 Å². The van der Waals surface area contributed by atoms with Crippen LogP contribution in [0.3, 0.4) is 0 Å². The molecule has 1 aliphatic heterocycles. The molecule has 0 radical (unpaired) electrons. The lowest BCUT2D eigenvalue weighted by Gasteiger charge is -2.22. The monoisotopic (exact) mass is 352 g/mol. The van der Waals surface area contributed by atoms with Crippen LogP contribution < -0.4 is 10.5 Å². The van der Waals surface area contributed by atoms with Crippen LogP contribution in [0.5, 0.6) is 0 Å². The Morgan fingerprint density at radius 1 is 1.38 bits per heavy atom. The van der Waals surface area contributed by atoms with E-state index < -0.39 is 40.5 Å². The third-order valence-corrected chi connectivity index (χ3v) is 5.05. The Bertz CT molecular complexity index is 784. The summed E-state index contributed by atoms with van der Waals surface area (Å²) in [6.07, 6.45) is -0.842. The smallest absolute Gasteiger partial charge is 0.241 e. The second-order valence-electron chi connectivity index (χ2n) is 5.31. The van der Waals surface area contributed by atoms with Gasteiger partial charge in [-0.1, -0.05) is 0 Å². The first-order valence-corrected chi connectivity index (χ1v) is 8.49. The topological polar surface area (TPSA) is 154 Å². The van der Waals surface area contributed by atoms with Gasteiger partial charge in [-0.2, -0.15) is 5.26 Å². The normalized spacial score (nSPS) is 20.6. The average Bonchev–Trinajstić information content (AvgIpc) is 2.95. The summed E-state index contributed by atoms with van der Waals surface area (Å²) in [5.41, 5.74) is 5.49. The summed E-state index contributed by atoms with van der Waals surface area (Å²) in [4.78, 5) is 24.4. The number of benzene rings is 1. The average molecular weight is 352 g/mol. The molecule has 1 heterocycles. The van der Waals surface area contributed by atoms with Gasteiger partial charge in [-0.3, -0.25) is 9.59 Å². The first-order valence-electron chi connectivity index (χ1n) is 7.01. The van der Waals surface area contributed by atoms with Crippen molar-refractivity contribution >= 4 is 21.8 Å². The van der Waals surface area contributed by atoms with Crippen LogP contribution in [-0.4, -0.2) is 55.5 Å². The highest BCUT2D eigenvalue weighted by Crippen LogP contribution is 2.18. The van der Waals surface area contributed by atoms with Crippen molar-refractivity contribution in [2.45, 2.75) is 23.5 Å². The Morgan fingerprint density at radius 3 is 2.54 bits per heavy atom. The number of likely N-dealkylation sites (tertiary alicyclic amines) is 1. The fourth-order valence-electron chi connectivity index (χ4n) is 2.41. The Balaban J connectivity index is 2.04. The molecular weight excluding hydrogens is 336 g/mol. The Hall–Kier alpha value is -2.48. The number of carbonyl (C=O) groups is 2. The van der Waals surface area contributed by atoms with Crippen molar-refractivity contribution in [2.24, 2.45) is 5.73 Å². The van der Waals surface area contributed by atoms with Crippen molar-refractivity contribution in [3.8, 4) is 6.07 Å². The van der Waals surface area contributed by atoms with E-state index in [0.717, 1.165) is 4.90 Å². The van der Waals surface area contributed by atoms with Gasteiger partial charge in [0.05, 0.1) is 29.2 Å². The molecule has 4 N–H and O–H groups in total. The van der Waals surface area contributed by atoms with Gasteiger partial charge in [-0.25, -0.2) is 13.1 Å². The van der Waals surface area contributed by atoms with Crippen molar-refractivity contribution in [3.63, 3.8) is 0 Å². The third kappa shape index (κ3) is 3.88. The molecule has 1 fully saturated rings. The van der Waals surface area contributed by atoms with Crippen LogP contribution in [0.4, 0.5) is 0 Å². The summed E-state index contributed by atoms with van der Waals surface area (Å²) < 4.78 is 26.4. The molecule has 2 rings (SSSR count). The molecular formula is C14H16N4O5S. The number of hydrogen-bond donors (Lipinski definition) is 3. The molecule has 1 aromatic rings. The number of sulfonamides is 1. The van der Waals surface area contributed by atoms with E-state index in [4.69, 9.17) is 11.0 Å². The summed E-state index contributed by atoms with van der Waals surface area (Å²) in [5, 5.41) is 18.3. The van der Waals surface area contributed by atoms with Gasteiger partial charge >= 0.3 is 0 Å². The SMILES string of the molecule is N#Cc1ccc(S(=O)(=O)NCC(=O)N2C[C@H](O)C[C@H]2C(N)=O)cc1. The maximum atomic E-state index is 12.1. The number of primary amides is 1. The lowest BCUT2D eigenvalue weighted by Crippen LogP contribution is -2.47. The first-order chi connectivity index (χ1) is 11.2. The van der Waals surface area contributed by atoms with Crippen LogP contribution in [0.25, 0.3) is 0 Å². The number of aliphatic hydroxyl groups excluding tert-OH is 1. The maximum Gasteiger partial charge on any atom is 0.241 e. The van der Waals surface area contributed by atoms with Crippen molar-refractivity contribution in [3.05, 3.63) is 29.8 Å². The molecule has 0 saturated carbocycles. The zero-order chi connectivity index (χ0) is 17.9. The highest BCUT2D eigenvalue weighted by Gasteiger charge is 2.37. The molecule has 0 aliphatic carbocycles. The third-order valence-electron chi connectivity index (χ3n) is 3.63. The second-order valence-corrected chi connectivity index (χ2v) is 7.08. The molecule has 0 unspecified atom stereocenters. The largest absolute Gasteiger partial charge is 0.391 e. The van der Waals surface area contributed by atoms with E-state index >= 15 is 0 Å². The first kappa shape index (κ1) is 17.9. The molecule has 1 aromatic carbocycles. The van der Waals surface area contributed by atoms with Gasteiger partial charge < -0.3 is 15.7 Å². The Labute approximate surface area is 138 Å². The predicted octanol–water partition coefficient (Wildman–Crippen LogP) is -1.72. The maximum absolute atomic E-state index is 12.1. The minimum Gasteiger partial charge on any atom is -0.391 e. The molecule has 1 aliphatic rings. The molecule has 10 heteroatoms. The van der Waals surface area contributed by atoms with E-state index in [0.29, 0.717) is 5.56 Å². The van der Waals surface area contributed by atoms with E-state index in [-0.39, 0.29) is 17.9 Å². The van der Waals surface area contributed by atoms with E-state index in [1.54, 1.807) is 0 Å². The van der Waals surface area contributed by atoms with Crippen LogP contribution >= 0.6 is 0 Å². The number of nitriles is 1. The lowest BCUT2D eigenvalue weighted by molar-refractivity contribution is -0.136. The number of carbonyl (C=O) groups excluding carboxylic acids is 2. The summed E-state index contributed by atoms with van der Waals surface area (Å²) in [5.74, 6) is -1.41. The van der Waals surface area contributed by atoms with E-state index in [1.807, 2.05) is 6.07 Å². The highest BCUT2D eigenvalue weighted by atomic mass is 32.2. The van der Waals surface area contributed by atoms with Gasteiger partial charge in [0, 0.05) is 13.0 Å². The van der Waals surface area contributed by atoms with E-state index in [9.17, 15) is 23.1 Å². The minimum atomic E-state index is -3.95. The van der Waals surface area contributed by atoms with Crippen LogP contribution in [0.15, 0.2) is 29.2 Å². The number of nitrogens with one attached hydrogen (secondary N) is 1. The van der Waals surface area contributed by atoms with E-state index in [1.165, 1.54) is 24.3 Å². The van der Waals surface area contributed by atoms with Gasteiger partial charge in [0.25, 0.3) is 0 Å². The molecule has 2 atom stereocenters. The van der Waals surface area contributed by atoms with Crippen LogP contribution in [0.2, 0.25) is 0 Å². The number of β-amino-alcohol motifs (C(OH)–C–C–N with tert-alkyl or cyclic N) is 1. The standard InChI is InChI=1S/C14H16N4O5S/c15-6-9-1-3-11(4-2-9)24(22,23)17-7-13(20)18-8-10(19)5-12(18)14(16)21/h1-4,10,12,17,19H,5,7-8H2,(H2,16,21)/t10-,12+/m1/s1. The molecule has 0 spiro atoms. The molecule has 0 aromatic heterocycles. The second kappa shape index (κ2) is 6.96. The molecule has 2 amide bonds. The van der Waals surface area contributed by atoms with Crippen molar-refractivity contribution < 1.29 is 23.1 Å². The summed E-state index contributed by atoms with van der Waals surface area (Å²) in [7, 11) is -3.95. The van der Waals surface area contributed by atoms with Crippen molar-refractivity contribution in [2.75, 3.05) is 13.1 Å². The van der Waals surface area contributed by atoms with Gasteiger partial charge in [-0.15, -0.1) is 0 Å². The Morgan fingerprint density at radius 2 is 2.00 bits per heavy atom. The summed E-state index contributed by atoms with van der Waals surface area (Å²) in [6, 6.07) is 6.10. The number of hydrogen-bond acceptors (Lipinski definition) is 6. The number of aliphatic hydroxyl groups is 1. The molecule has 128 valence electrons. The van der Waals surface area contributed by atoms with E-state index in [2.05, 4.69) is 4.72 Å².